The average Bonchev–Trinajstić information content (AvgIpc) is 2.54. The fraction of sp³-hybridized carbons (Fsp3) is 0.222. The third kappa shape index (κ3) is 2.47. The topological polar surface area (TPSA) is 37.8 Å². The van der Waals surface area contributed by atoms with E-state index in [4.69, 9.17) is 0 Å². The van der Waals surface area contributed by atoms with Crippen molar-refractivity contribution in [1.29, 1.82) is 0 Å². The number of benzene rings is 2. The van der Waals surface area contributed by atoms with Crippen LogP contribution in [0.3, 0.4) is 0 Å². The number of hydrogen-bond acceptors (Lipinski definition) is 3. The number of fused-ring (bicyclic) bond motifs is 1. The van der Waals surface area contributed by atoms with Gasteiger partial charge in [0.25, 0.3) is 0 Å². The van der Waals surface area contributed by atoms with Gasteiger partial charge < -0.3 is 5.32 Å². The van der Waals surface area contributed by atoms with Crippen LogP contribution in [0.4, 0.5) is 5.82 Å². The highest BCUT2D eigenvalue weighted by Crippen LogP contribution is 2.31. The second-order valence-corrected chi connectivity index (χ2v) is 4.96. The van der Waals surface area contributed by atoms with Gasteiger partial charge in [0.2, 0.25) is 0 Å². The molecule has 0 amide bonds. The van der Waals surface area contributed by atoms with Gasteiger partial charge in [0, 0.05) is 17.7 Å². The Balaban J connectivity index is 2.25. The summed E-state index contributed by atoms with van der Waals surface area (Å²) in [5.74, 6) is 0.943. The predicted octanol–water partition coefficient (Wildman–Crippen LogP) is 4.29. The van der Waals surface area contributed by atoms with Crippen molar-refractivity contribution in [2.75, 3.05) is 11.9 Å². The quantitative estimate of drug-likeness (QED) is 0.773. The molecule has 1 N–H and O–H groups in total. The SMILES string of the molecule is CCNc1ncnc(-c2cccc3ccccc23)c1CC. The molecule has 3 nitrogen and oxygen atoms in total. The molecule has 106 valence electrons. The summed E-state index contributed by atoms with van der Waals surface area (Å²) in [7, 11) is 0. The highest BCUT2D eigenvalue weighted by Gasteiger charge is 2.13. The van der Waals surface area contributed by atoms with Crippen LogP contribution < -0.4 is 5.32 Å². The Morgan fingerprint density at radius 2 is 1.76 bits per heavy atom. The monoisotopic (exact) mass is 277 g/mol. The van der Waals surface area contributed by atoms with Gasteiger partial charge in [-0.3, -0.25) is 0 Å². The first-order valence-electron chi connectivity index (χ1n) is 7.41. The van der Waals surface area contributed by atoms with Crippen LogP contribution in [0.25, 0.3) is 22.0 Å². The molecule has 0 saturated carbocycles. The molecule has 3 aromatic rings. The molecular formula is C18H19N3. The van der Waals surface area contributed by atoms with Gasteiger partial charge in [-0.1, -0.05) is 49.4 Å². The van der Waals surface area contributed by atoms with Gasteiger partial charge in [0.05, 0.1) is 5.69 Å². The van der Waals surface area contributed by atoms with E-state index in [1.54, 1.807) is 6.33 Å². The van der Waals surface area contributed by atoms with Crippen LogP contribution in [-0.2, 0) is 6.42 Å². The molecule has 0 bridgehead atoms. The van der Waals surface area contributed by atoms with E-state index in [2.05, 4.69) is 71.6 Å². The number of nitrogens with zero attached hydrogens (tertiary/aromatic N) is 2. The van der Waals surface area contributed by atoms with Crippen LogP contribution >= 0.6 is 0 Å². The fourth-order valence-corrected chi connectivity index (χ4v) is 2.73. The summed E-state index contributed by atoms with van der Waals surface area (Å²) in [6.07, 6.45) is 2.55. The second kappa shape index (κ2) is 5.92. The van der Waals surface area contributed by atoms with E-state index < -0.39 is 0 Å². The summed E-state index contributed by atoms with van der Waals surface area (Å²) in [4.78, 5) is 8.94. The van der Waals surface area contributed by atoms with Crippen molar-refractivity contribution < 1.29 is 0 Å². The molecule has 2 aromatic carbocycles. The van der Waals surface area contributed by atoms with E-state index in [0.717, 1.165) is 24.5 Å². The highest BCUT2D eigenvalue weighted by molar-refractivity contribution is 5.96. The fourth-order valence-electron chi connectivity index (χ4n) is 2.73. The number of aromatic nitrogens is 2. The smallest absolute Gasteiger partial charge is 0.133 e. The minimum atomic E-state index is 0.860. The van der Waals surface area contributed by atoms with Crippen molar-refractivity contribution in [2.24, 2.45) is 0 Å². The zero-order valence-electron chi connectivity index (χ0n) is 12.4. The predicted molar refractivity (Wildman–Crippen MR) is 88.5 cm³/mol. The molecule has 0 spiro atoms. The van der Waals surface area contributed by atoms with Crippen molar-refractivity contribution in [3.63, 3.8) is 0 Å². The van der Waals surface area contributed by atoms with E-state index in [9.17, 15) is 0 Å². The summed E-state index contributed by atoms with van der Waals surface area (Å²) in [6, 6.07) is 14.8. The molecule has 0 atom stereocenters. The number of anilines is 1. The van der Waals surface area contributed by atoms with Crippen molar-refractivity contribution in [2.45, 2.75) is 20.3 Å². The zero-order valence-corrected chi connectivity index (χ0v) is 12.4. The molecule has 1 heterocycles. The third-order valence-electron chi connectivity index (χ3n) is 3.69. The maximum atomic E-state index is 4.56. The van der Waals surface area contributed by atoms with Gasteiger partial charge in [-0.15, -0.1) is 0 Å². The van der Waals surface area contributed by atoms with Gasteiger partial charge in [-0.25, -0.2) is 9.97 Å². The molecular weight excluding hydrogens is 258 g/mol. The number of hydrogen-bond donors (Lipinski definition) is 1. The van der Waals surface area contributed by atoms with Crippen molar-refractivity contribution in [3.8, 4) is 11.3 Å². The van der Waals surface area contributed by atoms with Crippen LogP contribution in [0.1, 0.15) is 19.4 Å². The minimum Gasteiger partial charge on any atom is -0.370 e. The molecule has 0 aliphatic rings. The highest BCUT2D eigenvalue weighted by atomic mass is 15.0. The summed E-state index contributed by atoms with van der Waals surface area (Å²) >= 11 is 0. The first-order valence-corrected chi connectivity index (χ1v) is 7.41. The lowest BCUT2D eigenvalue weighted by molar-refractivity contribution is 1.03. The van der Waals surface area contributed by atoms with Crippen molar-refractivity contribution in [1.82, 2.24) is 9.97 Å². The Morgan fingerprint density at radius 3 is 2.57 bits per heavy atom. The molecule has 0 unspecified atom stereocenters. The Hall–Kier alpha value is -2.42. The first kappa shape index (κ1) is 13.6. The maximum Gasteiger partial charge on any atom is 0.133 e. The van der Waals surface area contributed by atoms with Gasteiger partial charge >= 0.3 is 0 Å². The summed E-state index contributed by atoms with van der Waals surface area (Å²) in [5, 5.41) is 5.80. The van der Waals surface area contributed by atoms with Crippen LogP contribution in [0.5, 0.6) is 0 Å². The Morgan fingerprint density at radius 1 is 0.952 bits per heavy atom. The van der Waals surface area contributed by atoms with Crippen molar-refractivity contribution in [3.05, 3.63) is 54.4 Å². The number of nitrogens with one attached hydrogen (secondary N) is 1. The van der Waals surface area contributed by atoms with Crippen LogP contribution in [0.15, 0.2) is 48.8 Å². The molecule has 0 fully saturated rings. The zero-order chi connectivity index (χ0) is 14.7. The normalized spacial score (nSPS) is 10.8. The molecule has 0 radical (unpaired) electrons. The molecule has 3 rings (SSSR count). The lowest BCUT2D eigenvalue weighted by atomic mass is 9.98. The first-order chi connectivity index (χ1) is 10.3. The van der Waals surface area contributed by atoms with E-state index in [1.165, 1.54) is 21.9 Å². The third-order valence-corrected chi connectivity index (χ3v) is 3.69. The van der Waals surface area contributed by atoms with Gasteiger partial charge in [0.15, 0.2) is 0 Å². The van der Waals surface area contributed by atoms with Crippen molar-refractivity contribution >= 4 is 16.6 Å². The summed E-state index contributed by atoms with van der Waals surface area (Å²) in [6.45, 7) is 5.09. The molecule has 1 aromatic heterocycles. The Kier molecular flexibility index (Phi) is 3.82. The molecule has 3 heteroatoms. The minimum absolute atomic E-state index is 0.860. The van der Waals surface area contributed by atoms with Gasteiger partial charge in [0.1, 0.15) is 12.1 Å². The lowest BCUT2D eigenvalue weighted by Gasteiger charge is -2.14. The van der Waals surface area contributed by atoms with Gasteiger partial charge in [-0.2, -0.15) is 0 Å². The summed E-state index contributed by atoms with van der Waals surface area (Å²) < 4.78 is 0. The largest absolute Gasteiger partial charge is 0.370 e. The maximum absolute atomic E-state index is 4.56. The lowest BCUT2D eigenvalue weighted by Crippen LogP contribution is -2.05. The van der Waals surface area contributed by atoms with E-state index >= 15 is 0 Å². The van der Waals surface area contributed by atoms with Crippen LogP contribution in [0.2, 0.25) is 0 Å². The van der Waals surface area contributed by atoms with Crippen LogP contribution in [-0.4, -0.2) is 16.5 Å². The summed E-state index contributed by atoms with van der Waals surface area (Å²) in [5.41, 5.74) is 3.38. The number of rotatable bonds is 4. The standard InChI is InChI=1S/C18H19N3/c1-3-14-17(20-12-21-18(14)19-4-2)16-11-7-9-13-8-5-6-10-15(13)16/h5-12H,3-4H2,1-2H3,(H,19,20,21). The van der Waals surface area contributed by atoms with E-state index in [-0.39, 0.29) is 0 Å². The Bertz CT molecular complexity index is 760. The van der Waals surface area contributed by atoms with Gasteiger partial charge in [-0.05, 0) is 24.1 Å². The van der Waals surface area contributed by atoms with E-state index in [1.807, 2.05) is 0 Å². The second-order valence-electron chi connectivity index (χ2n) is 4.96. The molecule has 0 saturated heterocycles. The molecule has 0 aliphatic heterocycles. The Labute approximate surface area is 125 Å². The molecule has 0 aliphatic carbocycles. The van der Waals surface area contributed by atoms with Crippen LogP contribution in [0, 0.1) is 0 Å². The van der Waals surface area contributed by atoms with E-state index in [0.29, 0.717) is 0 Å². The molecule has 21 heavy (non-hydrogen) atoms. The average molecular weight is 277 g/mol.